The summed E-state index contributed by atoms with van der Waals surface area (Å²) in [6, 6.07) is 21.3. The third kappa shape index (κ3) is 3.56. The van der Waals surface area contributed by atoms with Crippen LogP contribution in [0.2, 0.25) is 5.02 Å². The molecule has 1 aromatic heterocycles. The summed E-state index contributed by atoms with van der Waals surface area (Å²) in [6.45, 7) is 0. The highest BCUT2D eigenvalue weighted by molar-refractivity contribution is 6.30. The average molecular weight is 377 g/mol. The Labute approximate surface area is 159 Å². The Morgan fingerprint density at radius 3 is 2.48 bits per heavy atom. The molecule has 0 amide bonds. The number of hydrogen-bond donors (Lipinski definition) is 1. The maximum absolute atomic E-state index is 11.2. The van der Waals surface area contributed by atoms with Crippen LogP contribution in [0.5, 0.6) is 0 Å². The van der Waals surface area contributed by atoms with Gasteiger partial charge in [0.2, 0.25) is 5.95 Å². The zero-order chi connectivity index (χ0) is 18.8. The molecule has 6 nitrogen and oxygen atoms in total. The Morgan fingerprint density at radius 1 is 0.926 bits per heavy atom. The van der Waals surface area contributed by atoms with Crippen LogP contribution in [0.4, 0.5) is 17.3 Å². The van der Waals surface area contributed by atoms with Crippen molar-refractivity contribution in [2.45, 2.75) is 0 Å². The number of halogens is 1. The zero-order valence-corrected chi connectivity index (χ0v) is 14.7. The molecule has 1 N–H and O–H groups in total. The largest absolute Gasteiger partial charge is 0.324 e. The summed E-state index contributed by atoms with van der Waals surface area (Å²) in [7, 11) is 0. The van der Waals surface area contributed by atoms with Crippen LogP contribution in [-0.2, 0) is 0 Å². The molecular weight excluding hydrogens is 364 g/mol. The van der Waals surface area contributed by atoms with Crippen molar-refractivity contribution < 1.29 is 4.92 Å². The first-order valence-electron chi connectivity index (χ1n) is 8.14. The lowest BCUT2D eigenvalue weighted by atomic mass is 10.1. The molecule has 4 rings (SSSR count). The van der Waals surface area contributed by atoms with Crippen molar-refractivity contribution in [2.75, 3.05) is 5.32 Å². The topological polar surface area (TPSA) is 81.0 Å². The van der Waals surface area contributed by atoms with Crippen molar-refractivity contribution in [1.82, 2.24) is 9.97 Å². The lowest BCUT2D eigenvalue weighted by Crippen LogP contribution is -2.00. The Balaban J connectivity index is 1.89. The third-order valence-electron chi connectivity index (χ3n) is 4.02. The summed E-state index contributed by atoms with van der Waals surface area (Å²) in [5, 5.41) is 15.5. The van der Waals surface area contributed by atoms with Gasteiger partial charge in [0.05, 0.1) is 16.1 Å². The molecule has 0 aliphatic rings. The molecule has 7 heteroatoms. The number of anilines is 2. The number of hydrogen-bond acceptors (Lipinski definition) is 5. The van der Waals surface area contributed by atoms with Crippen LogP contribution in [0.25, 0.3) is 22.2 Å². The Morgan fingerprint density at radius 2 is 1.74 bits per heavy atom. The molecule has 0 bridgehead atoms. The van der Waals surface area contributed by atoms with Gasteiger partial charge in [0.25, 0.3) is 5.69 Å². The van der Waals surface area contributed by atoms with Crippen molar-refractivity contribution in [3.8, 4) is 11.3 Å². The second-order valence-electron chi connectivity index (χ2n) is 5.86. The summed E-state index contributed by atoms with van der Waals surface area (Å²) in [5.41, 5.74) is 2.83. The summed E-state index contributed by atoms with van der Waals surface area (Å²) in [6.07, 6.45) is 0. The fourth-order valence-electron chi connectivity index (χ4n) is 2.80. The van der Waals surface area contributed by atoms with Gasteiger partial charge in [-0.3, -0.25) is 10.1 Å². The molecule has 0 aliphatic carbocycles. The number of rotatable bonds is 4. The molecule has 0 fully saturated rings. The quantitative estimate of drug-likeness (QED) is 0.370. The maximum Gasteiger partial charge on any atom is 0.270 e. The molecule has 4 aromatic rings. The Bertz CT molecular complexity index is 1150. The first-order valence-corrected chi connectivity index (χ1v) is 8.52. The van der Waals surface area contributed by atoms with Gasteiger partial charge in [0.1, 0.15) is 0 Å². The van der Waals surface area contributed by atoms with E-state index in [-0.39, 0.29) is 5.69 Å². The fraction of sp³-hybridized carbons (Fsp3) is 0. The van der Waals surface area contributed by atoms with Crippen molar-refractivity contribution >= 4 is 39.8 Å². The predicted molar refractivity (Wildman–Crippen MR) is 106 cm³/mol. The lowest BCUT2D eigenvalue weighted by Gasteiger charge is -2.11. The van der Waals surface area contributed by atoms with Crippen LogP contribution in [0.3, 0.4) is 0 Å². The number of non-ortho nitro benzene ring substituents is 1. The number of benzene rings is 3. The second-order valence-corrected chi connectivity index (χ2v) is 6.29. The number of aromatic nitrogens is 2. The number of nitrogens with zero attached hydrogens (tertiary/aromatic N) is 3. The summed E-state index contributed by atoms with van der Waals surface area (Å²) < 4.78 is 0. The number of nitro benzene ring substituents is 1. The van der Waals surface area contributed by atoms with E-state index in [4.69, 9.17) is 11.6 Å². The first-order chi connectivity index (χ1) is 13.1. The van der Waals surface area contributed by atoms with E-state index in [9.17, 15) is 10.1 Å². The molecular formula is C20H13ClN4O2. The van der Waals surface area contributed by atoms with Crippen molar-refractivity contribution in [3.05, 3.63) is 87.9 Å². The van der Waals surface area contributed by atoms with Crippen molar-refractivity contribution in [2.24, 2.45) is 0 Å². The number of nitrogens with one attached hydrogen (secondary N) is 1. The highest BCUT2D eigenvalue weighted by atomic mass is 35.5. The van der Waals surface area contributed by atoms with E-state index < -0.39 is 4.92 Å². The van der Waals surface area contributed by atoms with E-state index >= 15 is 0 Å². The first kappa shape index (κ1) is 16.9. The normalized spacial score (nSPS) is 10.7. The minimum absolute atomic E-state index is 0.00108. The Kier molecular flexibility index (Phi) is 4.40. The standard InChI is InChI=1S/C20H13ClN4O2/c21-14-7-4-8-15(11-14)22-20-23-18-10-9-16(25(26)27)12-17(18)19(24-20)13-5-2-1-3-6-13/h1-12H,(H,22,23,24). The smallest absolute Gasteiger partial charge is 0.270 e. The molecule has 0 saturated carbocycles. The Hall–Kier alpha value is -3.51. The summed E-state index contributed by atoms with van der Waals surface area (Å²) in [4.78, 5) is 19.9. The molecule has 1 heterocycles. The molecule has 27 heavy (non-hydrogen) atoms. The highest BCUT2D eigenvalue weighted by Gasteiger charge is 2.14. The number of nitro groups is 1. The van der Waals surface area contributed by atoms with Gasteiger partial charge in [0.15, 0.2) is 0 Å². The molecule has 0 spiro atoms. The minimum atomic E-state index is -0.424. The van der Waals surface area contributed by atoms with Crippen LogP contribution in [0, 0.1) is 10.1 Å². The second kappa shape index (κ2) is 7.01. The average Bonchev–Trinajstić information content (AvgIpc) is 2.67. The van der Waals surface area contributed by atoms with E-state index in [1.807, 2.05) is 42.5 Å². The van der Waals surface area contributed by atoms with Gasteiger partial charge < -0.3 is 5.32 Å². The van der Waals surface area contributed by atoms with E-state index in [1.165, 1.54) is 12.1 Å². The van der Waals surface area contributed by atoms with Crippen LogP contribution in [-0.4, -0.2) is 14.9 Å². The van der Waals surface area contributed by atoms with E-state index in [2.05, 4.69) is 15.3 Å². The SMILES string of the molecule is O=[N+]([O-])c1ccc2nc(Nc3cccc(Cl)c3)nc(-c3ccccc3)c2c1. The molecule has 132 valence electrons. The van der Waals surface area contributed by atoms with Gasteiger partial charge in [-0.05, 0) is 24.3 Å². The predicted octanol–water partition coefficient (Wildman–Crippen LogP) is 5.60. The fourth-order valence-corrected chi connectivity index (χ4v) is 2.99. The number of fused-ring (bicyclic) bond motifs is 1. The molecule has 3 aromatic carbocycles. The third-order valence-corrected chi connectivity index (χ3v) is 4.25. The van der Waals surface area contributed by atoms with Gasteiger partial charge in [-0.25, -0.2) is 9.97 Å². The van der Waals surface area contributed by atoms with E-state index in [0.29, 0.717) is 27.6 Å². The molecule has 0 atom stereocenters. The van der Waals surface area contributed by atoms with Gasteiger partial charge in [0, 0.05) is 33.8 Å². The van der Waals surface area contributed by atoms with Crippen LogP contribution >= 0.6 is 11.6 Å². The van der Waals surface area contributed by atoms with E-state index in [1.54, 1.807) is 18.2 Å². The molecule has 0 saturated heterocycles. The highest BCUT2D eigenvalue weighted by Crippen LogP contribution is 2.31. The zero-order valence-electron chi connectivity index (χ0n) is 14.0. The van der Waals surface area contributed by atoms with E-state index in [0.717, 1.165) is 11.3 Å². The van der Waals surface area contributed by atoms with Crippen LogP contribution < -0.4 is 5.32 Å². The summed E-state index contributed by atoms with van der Waals surface area (Å²) >= 11 is 6.04. The van der Waals surface area contributed by atoms with Gasteiger partial charge in [-0.2, -0.15) is 0 Å². The van der Waals surface area contributed by atoms with Crippen LogP contribution in [0.15, 0.2) is 72.8 Å². The van der Waals surface area contributed by atoms with Gasteiger partial charge in [-0.15, -0.1) is 0 Å². The lowest BCUT2D eigenvalue weighted by molar-refractivity contribution is -0.384. The maximum atomic E-state index is 11.2. The molecule has 0 unspecified atom stereocenters. The van der Waals surface area contributed by atoms with Crippen molar-refractivity contribution in [1.29, 1.82) is 0 Å². The molecule has 0 radical (unpaired) electrons. The van der Waals surface area contributed by atoms with Gasteiger partial charge in [-0.1, -0.05) is 48.0 Å². The molecule has 0 aliphatic heterocycles. The van der Waals surface area contributed by atoms with Crippen molar-refractivity contribution in [3.63, 3.8) is 0 Å². The summed E-state index contributed by atoms with van der Waals surface area (Å²) in [5.74, 6) is 0.387. The minimum Gasteiger partial charge on any atom is -0.324 e. The van der Waals surface area contributed by atoms with Gasteiger partial charge >= 0.3 is 0 Å². The monoisotopic (exact) mass is 376 g/mol. The van der Waals surface area contributed by atoms with Crippen LogP contribution in [0.1, 0.15) is 0 Å².